The van der Waals surface area contributed by atoms with Crippen LogP contribution >= 0.6 is 0 Å². The fourth-order valence-electron chi connectivity index (χ4n) is 4.39. The van der Waals surface area contributed by atoms with Crippen molar-refractivity contribution in [2.24, 2.45) is 5.16 Å². The Morgan fingerprint density at radius 2 is 2.16 bits per heavy atom. The second-order valence-electron chi connectivity index (χ2n) is 7.79. The van der Waals surface area contributed by atoms with Crippen LogP contribution in [-0.2, 0) is 33.1 Å². The van der Waals surface area contributed by atoms with Crippen LogP contribution in [0.25, 0.3) is 22.3 Å². The van der Waals surface area contributed by atoms with Gasteiger partial charge in [0, 0.05) is 22.1 Å². The van der Waals surface area contributed by atoms with Gasteiger partial charge in [-0.05, 0) is 18.6 Å². The number of aromatic nitrogens is 2. The number of oxime groups is 1. The summed E-state index contributed by atoms with van der Waals surface area (Å²) in [6.07, 6.45) is 3.32. The van der Waals surface area contributed by atoms with E-state index in [-0.39, 0.29) is 31.7 Å². The van der Waals surface area contributed by atoms with Gasteiger partial charge in [0.05, 0.1) is 35.2 Å². The van der Waals surface area contributed by atoms with E-state index in [4.69, 9.17) is 14.6 Å². The van der Waals surface area contributed by atoms with Crippen molar-refractivity contribution < 1.29 is 19.5 Å². The maximum Gasteiger partial charge on any atom is 0.343 e. The van der Waals surface area contributed by atoms with Crippen molar-refractivity contribution in [2.45, 2.75) is 32.1 Å². The molecule has 0 fully saturated rings. The molecule has 8 nitrogen and oxygen atoms in total. The molecule has 0 spiro atoms. The summed E-state index contributed by atoms with van der Waals surface area (Å²) in [5.74, 6) is -0.742. The number of esters is 1. The Balaban J connectivity index is 1.76. The number of fused-ring (bicyclic) bond motifs is 5. The third kappa shape index (κ3) is 2.80. The van der Waals surface area contributed by atoms with Gasteiger partial charge in [0.1, 0.15) is 13.2 Å². The van der Waals surface area contributed by atoms with Gasteiger partial charge in [-0.25, -0.2) is 9.78 Å². The van der Waals surface area contributed by atoms with Crippen molar-refractivity contribution in [1.29, 1.82) is 0 Å². The zero-order valence-corrected chi connectivity index (χ0v) is 17.5. The van der Waals surface area contributed by atoms with Gasteiger partial charge in [-0.2, -0.15) is 0 Å². The molecule has 32 heavy (non-hydrogen) atoms. The molecular formula is C24H21N3O5. The van der Waals surface area contributed by atoms with Crippen LogP contribution in [0, 0.1) is 0 Å². The molecule has 0 aliphatic carbocycles. The first-order valence-corrected chi connectivity index (χ1v) is 10.3. The van der Waals surface area contributed by atoms with Gasteiger partial charge in [0.15, 0.2) is 5.60 Å². The Bertz CT molecular complexity index is 1370. The molecule has 0 saturated heterocycles. The first-order valence-electron chi connectivity index (χ1n) is 10.3. The quantitative estimate of drug-likeness (QED) is 0.171. The first-order chi connectivity index (χ1) is 15.5. The van der Waals surface area contributed by atoms with E-state index < -0.39 is 11.6 Å². The van der Waals surface area contributed by atoms with Crippen LogP contribution in [0.5, 0.6) is 0 Å². The van der Waals surface area contributed by atoms with Gasteiger partial charge in [0.25, 0.3) is 5.56 Å². The maximum atomic E-state index is 13.4. The highest BCUT2D eigenvalue weighted by Gasteiger charge is 2.45. The van der Waals surface area contributed by atoms with Crippen molar-refractivity contribution in [2.75, 3.05) is 6.61 Å². The SMILES string of the molecule is C=CCO/N=C/c1c2c(nc3ccccc13)-c1cc3c(c(=O)n1C2)COC(=O)[C@]3(O)CC. The third-order valence-corrected chi connectivity index (χ3v) is 6.09. The number of hydrogen-bond donors (Lipinski definition) is 1. The van der Waals surface area contributed by atoms with Crippen molar-refractivity contribution >= 4 is 23.1 Å². The third-order valence-electron chi connectivity index (χ3n) is 6.09. The lowest BCUT2D eigenvalue weighted by Crippen LogP contribution is -2.44. The maximum absolute atomic E-state index is 13.4. The minimum atomic E-state index is -1.86. The molecule has 4 heterocycles. The minimum Gasteiger partial charge on any atom is -0.458 e. The first kappa shape index (κ1) is 20.1. The summed E-state index contributed by atoms with van der Waals surface area (Å²) < 4.78 is 6.73. The Morgan fingerprint density at radius 1 is 1.34 bits per heavy atom. The van der Waals surface area contributed by atoms with Gasteiger partial charge in [0.2, 0.25) is 0 Å². The topological polar surface area (TPSA) is 103 Å². The van der Waals surface area contributed by atoms with Gasteiger partial charge < -0.3 is 19.2 Å². The molecule has 0 unspecified atom stereocenters. The van der Waals surface area contributed by atoms with E-state index in [1.54, 1.807) is 29.8 Å². The number of aliphatic hydroxyl groups is 1. The molecular weight excluding hydrogens is 410 g/mol. The molecule has 2 aromatic heterocycles. The average molecular weight is 431 g/mol. The standard InChI is InChI=1S/C24H21N3O5/c1-3-9-32-25-11-15-14-7-5-6-8-19(14)26-21-16(15)12-27-20(21)10-18-17(22(27)28)13-31-23(29)24(18,30)4-2/h3,5-8,10-11,30H,1,4,9,12-13H2,2H3/b25-11+/t24-/m0/s1. The molecule has 3 aromatic rings. The van der Waals surface area contributed by atoms with Crippen LogP contribution in [-0.4, -0.2) is 33.4 Å². The van der Waals surface area contributed by atoms with Crippen molar-refractivity contribution in [3.8, 4) is 11.4 Å². The van der Waals surface area contributed by atoms with Crippen LogP contribution in [0.2, 0.25) is 0 Å². The number of nitrogens with zero attached hydrogens (tertiary/aromatic N) is 3. The highest BCUT2D eigenvalue weighted by Crippen LogP contribution is 2.39. The molecule has 2 aliphatic rings. The van der Waals surface area contributed by atoms with Crippen LogP contribution < -0.4 is 5.56 Å². The highest BCUT2D eigenvalue weighted by molar-refractivity contribution is 6.02. The molecule has 2 aliphatic heterocycles. The van der Waals surface area contributed by atoms with E-state index in [0.717, 1.165) is 22.0 Å². The average Bonchev–Trinajstić information content (AvgIpc) is 3.17. The smallest absolute Gasteiger partial charge is 0.343 e. The summed E-state index contributed by atoms with van der Waals surface area (Å²) in [6.45, 7) is 5.69. The van der Waals surface area contributed by atoms with E-state index in [9.17, 15) is 14.7 Å². The molecule has 1 aromatic carbocycles. The van der Waals surface area contributed by atoms with Gasteiger partial charge in [-0.15, -0.1) is 0 Å². The number of ether oxygens (including phenoxy) is 1. The monoisotopic (exact) mass is 431 g/mol. The predicted octanol–water partition coefficient (Wildman–Crippen LogP) is 2.62. The number of pyridine rings is 2. The second-order valence-corrected chi connectivity index (χ2v) is 7.79. The molecule has 0 bridgehead atoms. The van der Waals surface area contributed by atoms with Crippen molar-refractivity contribution in [1.82, 2.24) is 9.55 Å². The molecule has 0 saturated carbocycles. The zero-order valence-electron chi connectivity index (χ0n) is 17.5. The van der Waals surface area contributed by atoms with E-state index in [2.05, 4.69) is 11.7 Å². The normalized spacial score (nSPS) is 18.9. The number of cyclic esters (lactones) is 1. The molecule has 1 N–H and O–H groups in total. The predicted molar refractivity (Wildman–Crippen MR) is 118 cm³/mol. The van der Waals surface area contributed by atoms with Crippen LogP contribution in [0.4, 0.5) is 0 Å². The summed E-state index contributed by atoms with van der Waals surface area (Å²) in [5.41, 5.74) is 1.95. The lowest BCUT2D eigenvalue weighted by atomic mass is 9.86. The molecule has 0 radical (unpaired) electrons. The van der Waals surface area contributed by atoms with Gasteiger partial charge >= 0.3 is 5.97 Å². The lowest BCUT2D eigenvalue weighted by molar-refractivity contribution is -0.172. The Kier molecular flexibility index (Phi) is 4.67. The van der Waals surface area contributed by atoms with E-state index in [1.165, 1.54) is 0 Å². The number of para-hydroxylation sites is 1. The molecule has 0 amide bonds. The summed E-state index contributed by atoms with van der Waals surface area (Å²) in [4.78, 5) is 35.7. The number of rotatable bonds is 5. The molecule has 162 valence electrons. The summed E-state index contributed by atoms with van der Waals surface area (Å²) >= 11 is 0. The fourth-order valence-corrected chi connectivity index (χ4v) is 4.39. The summed E-state index contributed by atoms with van der Waals surface area (Å²) in [7, 11) is 0. The summed E-state index contributed by atoms with van der Waals surface area (Å²) in [5, 5.41) is 15.9. The second kappa shape index (κ2) is 7.42. The minimum absolute atomic E-state index is 0.0955. The molecule has 8 heteroatoms. The lowest BCUT2D eigenvalue weighted by Gasteiger charge is -2.31. The molecule has 1 atom stereocenters. The van der Waals surface area contributed by atoms with Gasteiger partial charge in [-0.3, -0.25) is 4.79 Å². The van der Waals surface area contributed by atoms with Gasteiger partial charge in [-0.1, -0.05) is 42.9 Å². The number of benzene rings is 1. The molecule has 5 rings (SSSR count). The van der Waals surface area contributed by atoms with Crippen LogP contribution in [0.1, 0.15) is 35.6 Å². The van der Waals surface area contributed by atoms with E-state index >= 15 is 0 Å². The largest absolute Gasteiger partial charge is 0.458 e. The van der Waals surface area contributed by atoms with Crippen molar-refractivity contribution in [3.63, 3.8) is 0 Å². The number of hydrogen-bond acceptors (Lipinski definition) is 7. The van der Waals surface area contributed by atoms with Crippen LogP contribution in [0.3, 0.4) is 0 Å². The highest BCUT2D eigenvalue weighted by atomic mass is 16.6. The van der Waals surface area contributed by atoms with Crippen molar-refractivity contribution in [3.05, 3.63) is 75.6 Å². The Morgan fingerprint density at radius 3 is 2.94 bits per heavy atom. The Hall–Kier alpha value is -3.78. The summed E-state index contributed by atoms with van der Waals surface area (Å²) in [6, 6.07) is 9.32. The van der Waals surface area contributed by atoms with Crippen LogP contribution in [0.15, 0.2) is 52.9 Å². The van der Waals surface area contributed by atoms with E-state index in [0.29, 0.717) is 22.5 Å². The number of carbonyl (C=O) groups is 1. The Labute approximate surface area is 183 Å². The number of carbonyl (C=O) groups excluding carboxylic acids is 1. The fraction of sp³-hybridized carbons (Fsp3) is 0.250. The zero-order chi connectivity index (χ0) is 22.5. The van der Waals surface area contributed by atoms with E-state index in [1.807, 2.05) is 24.3 Å².